The first-order chi connectivity index (χ1) is 7.29. The second-order valence-electron chi connectivity index (χ2n) is 4.35. The lowest BCUT2D eigenvalue weighted by molar-refractivity contribution is -0.147. The summed E-state index contributed by atoms with van der Waals surface area (Å²) in [4.78, 5) is 23.7. The quantitative estimate of drug-likeness (QED) is 0.508. The smallest absolute Gasteiger partial charge is 0.323 e. The number of carbonyl (C=O) groups is 2. The monoisotopic (exact) mass is 226 g/mol. The Balaban J connectivity index is 4.47. The maximum absolute atomic E-state index is 11.7. The first-order valence-electron chi connectivity index (χ1n) is 4.95. The summed E-state index contributed by atoms with van der Waals surface area (Å²) in [5.41, 5.74) is -0.521. The van der Waals surface area contributed by atoms with Crippen molar-refractivity contribution in [3.8, 4) is 12.3 Å². The number of amides is 1. The van der Waals surface area contributed by atoms with Crippen LogP contribution in [0.1, 0.15) is 20.8 Å². The molecule has 5 nitrogen and oxygen atoms in total. The summed E-state index contributed by atoms with van der Waals surface area (Å²) >= 11 is 0. The van der Waals surface area contributed by atoms with Crippen LogP contribution in [0.3, 0.4) is 0 Å². The molecule has 1 amide bonds. The molecule has 2 N–H and O–H groups in total. The minimum absolute atomic E-state index is 0.0503. The topological polar surface area (TPSA) is 69.6 Å². The Kier molecular flexibility index (Phi) is 5.54. The molecule has 0 aromatic heterocycles. The van der Waals surface area contributed by atoms with Gasteiger partial charge in [-0.3, -0.25) is 14.9 Å². The van der Waals surface area contributed by atoms with Crippen molar-refractivity contribution in [2.45, 2.75) is 26.3 Å². The largest absolute Gasteiger partial charge is 0.480 e. The molecule has 0 aromatic carbocycles. The molecule has 0 aliphatic rings. The minimum Gasteiger partial charge on any atom is -0.480 e. The highest BCUT2D eigenvalue weighted by molar-refractivity contribution is 5.83. The van der Waals surface area contributed by atoms with E-state index in [9.17, 15) is 9.59 Å². The van der Waals surface area contributed by atoms with Gasteiger partial charge in [-0.1, -0.05) is 5.92 Å². The van der Waals surface area contributed by atoms with Gasteiger partial charge in [0.05, 0.1) is 13.1 Å². The van der Waals surface area contributed by atoms with Crippen molar-refractivity contribution in [2.75, 3.05) is 19.6 Å². The molecular weight excluding hydrogens is 208 g/mol. The minimum atomic E-state index is -1.03. The van der Waals surface area contributed by atoms with Gasteiger partial charge in [0.2, 0.25) is 5.91 Å². The van der Waals surface area contributed by atoms with Gasteiger partial charge in [-0.2, -0.15) is 0 Å². The Morgan fingerprint density at radius 1 is 1.44 bits per heavy atom. The third-order valence-corrected chi connectivity index (χ3v) is 1.91. The van der Waals surface area contributed by atoms with E-state index < -0.39 is 11.5 Å². The molecule has 0 radical (unpaired) electrons. The number of carboxylic acid groups (broad SMARTS) is 1. The van der Waals surface area contributed by atoms with Gasteiger partial charge in [0.1, 0.15) is 6.54 Å². The predicted molar refractivity (Wildman–Crippen MR) is 60.8 cm³/mol. The summed E-state index contributed by atoms with van der Waals surface area (Å²) in [6, 6.07) is 0. The molecule has 0 saturated heterocycles. The number of rotatable bonds is 5. The van der Waals surface area contributed by atoms with Gasteiger partial charge in [0, 0.05) is 5.54 Å². The summed E-state index contributed by atoms with van der Waals surface area (Å²) in [7, 11) is 0. The lowest BCUT2D eigenvalue weighted by atomic mass is 10.1. The Morgan fingerprint density at radius 3 is 2.38 bits per heavy atom. The number of carbonyl (C=O) groups excluding carboxylic acids is 1. The van der Waals surface area contributed by atoms with Crippen LogP contribution >= 0.6 is 0 Å². The van der Waals surface area contributed by atoms with Crippen molar-refractivity contribution in [3.63, 3.8) is 0 Å². The van der Waals surface area contributed by atoms with Crippen LogP contribution in [0.4, 0.5) is 0 Å². The van der Waals surface area contributed by atoms with E-state index in [1.165, 1.54) is 4.90 Å². The molecule has 90 valence electrons. The van der Waals surface area contributed by atoms with Crippen LogP contribution < -0.4 is 5.32 Å². The lowest BCUT2D eigenvalue weighted by Gasteiger charge is -2.34. The van der Waals surface area contributed by atoms with Crippen LogP contribution in [0, 0.1) is 12.3 Å². The van der Waals surface area contributed by atoms with E-state index in [1.54, 1.807) is 20.8 Å². The number of carboxylic acids is 1. The molecular formula is C11H18N2O3. The molecule has 0 aliphatic carbocycles. The number of aliphatic carboxylic acids is 1. The van der Waals surface area contributed by atoms with Gasteiger partial charge in [0.15, 0.2) is 0 Å². The number of hydrogen-bond acceptors (Lipinski definition) is 3. The van der Waals surface area contributed by atoms with Crippen molar-refractivity contribution in [1.82, 2.24) is 10.2 Å². The highest BCUT2D eigenvalue weighted by Crippen LogP contribution is 2.12. The van der Waals surface area contributed by atoms with Crippen LogP contribution in [-0.2, 0) is 9.59 Å². The molecule has 0 fully saturated rings. The molecule has 0 heterocycles. The van der Waals surface area contributed by atoms with Crippen molar-refractivity contribution in [1.29, 1.82) is 0 Å². The molecule has 0 aromatic rings. The fourth-order valence-corrected chi connectivity index (χ4v) is 1.17. The molecule has 16 heavy (non-hydrogen) atoms. The maximum Gasteiger partial charge on any atom is 0.323 e. The Morgan fingerprint density at radius 2 is 2.00 bits per heavy atom. The van der Waals surface area contributed by atoms with Crippen molar-refractivity contribution in [3.05, 3.63) is 0 Å². The van der Waals surface area contributed by atoms with Crippen LogP contribution in [-0.4, -0.2) is 47.1 Å². The van der Waals surface area contributed by atoms with Crippen molar-refractivity contribution >= 4 is 11.9 Å². The third-order valence-electron chi connectivity index (χ3n) is 1.91. The standard InChI is InChI=1S/C11H18N2O3/c1-5-6-12-7-9(14)13(8-10(15)16)11(2,3)4/h1,12H,6-8H2,2-4H3,(H,15,16). The van der Waals surface area contributed by atoms with Crippen molar-refractivity contribution in [2.24, 2.45) is 0 Å². The molecule has 0 atom stereocenters. The molecule has 0 spiro atoms. The van der Waals surface area contributed by atoms with E-state index in [0.29, 0.717) is 0 Å². The molecule has 0 rings (SSSR count). The van der Waals surface area contributed by atoms with Gasteiger partial charge in [-0.25, -0.2) is 0 Å². The van der Waals surface area contributed by atoms with Crippen LogP contribution in [0.15, 0.2) is 0 Å². The van der Waals surface area contributed by atoms with Gasteiger partial charge in [-0.15, -0.1) is 6.42 Å². The Hall–Kier alpha value is -1.54. The third kappa shape index (κ3) is 5.37. The lowest BCUT2D eigenvalue weighted by Crippen LogP contribution is -2.51. The number of terminal acetylenes is 1. The van der Waals surface area contributed by atoms with Crippen LogP contribution in [0.5, 0.6) is 0 Å². The second kappa shape index (κ2) is 6.13. The molecule has 0 aliphatic heterocycles. The maximum atomic E-state index is 11.7. The Bertz CT molecular complexity index is 299. The molecule has 0 saturated carbocycles. The zero-order chi connectivity index (χ0) is 12.8. The first-order valence-corrected chi connectivity index (χ1v) is 4.95. The van der Waals surface area contributed by atoms with Crippen LogP contribution in [0.25, 0.3) is 0 Å². The average Bonchev–Trinajstić information content (AvgIpc) is 2.12. The molecule has 0 unspecified atom stereocenters. The second-order valence-corrected chi connectivity index (χ2v) is 4.35. The van der Waals surface area contributed by atoms with Crippen molar-refractivity contribution < 1.29 is 14.7 Å². The number of nitrogens with one attached hydrogen (secondary N) is 1. The highest BCUT2D eigenvalue weighted by atomic mass is 16.4. The van der Waals surface area contributed by atoms with Gasteiger partial charge in [-0.05, 0) is 20.8 Å². The zero-order valence-corrected chi connectivity index (χ0v) is 9.91. The normalized spacial score (nSPS) is 10.6. The number of nitrogens with zero attached hydrogens (tertiary/aromatic N) is 1. The summed E-state index contributed by atoms with van der Waals surface area (Å²) < 4.78 is 0. The fourth-order valence-electron chi connectivity index (χ4n) is 1.17. The van der Waals surface area contributed by atoms with Crippen LogP contribution in [0.2, 0.25) is 0 Å². The fraction of sp³-hybridized carbons (Fsp3) is 0.636. The van der Waals surface area contributed by atoms with E-state index in [-0.39, 0.29) is 25.5 Å². The van der Waals surface area contributed by atoms with Gasteiger partial charge < -0.3 is 10.0 Å². The first kappa shape index (κ1) is 14.5. The predicted octanol–water partition coefficient (Wildman–Crippen LogP) is -0.0791. The average molecular weight is 226 g/mol. The highest BCUT2D eigenvalue weighted by Gasteiger charge is 2.27. The summed E-state index contributed by atoms with van der Waals surface area (Å²) in [6.07, 6.45) is 5.03. The number of hydrogen-bond donors (Lipinski definition) is 2. The van der Waals surface area contributed by atoms with Gasteiger partial charge in [0.25, 0.3) is 0 Å². The van der Waals surface area contributed by atoms with Gasteiger partial charge >= 0.3 is 5.97 Å². The zero-order valence-electron chi connectivity index (χ0n) is 9.91. The van der Waals surface area contributed by atoms with E-state index >= 15 is 0 Å². The summed E-state index contributed by atoms with van der Waals surface area (Å²) in [5, 5.41) is 11.5. The molecule has 5 heteroatoms. The molecule has 0 bridgehead atoms. The van der Waals surface area contributed by atoms with E-state index in [1.807, 2.05) is 0 Å². The SMILES string of the molecule is C#CCNCC(=O)N(CC(=O)O)C(C)(C)C. The van der Waals surface area contributed by atoms with E-state index in [0.717, 1.165) is 0 Å². The summed E-state index contributed by atoms with van der Waals surface area (Å²) in [5.74, 6) is 1.04. The van der Waals surface area contributed by atoms with E-state index in [4.69, 9.17) is 11.5 Å². The van der Waals surface area contributed by atoms with E-state index in [2.05, 4.69) is 11.2 Å². The Labute approximate surface area is 95.8 Å². The summed E-state index contributed by atoms with van der Waals surface area (Å²) in [6.45, 7) is 5.39.